The van der Waals surface area contributed by atoms with Crippen LogP contribution in [0.3, 0.4) is 0 Å². The van der Waals surface area contributed by atoms with Crippen LogP contribution in [0.1, 0.15) is 64.3 Å². The number of hydrogen-bond acceptors (Lipinski definition) is 5. The second-order valence-corrected chi connectivity index (χ2v) is 8.89. The fourth-order valence-electron chi connectivity index (χ4n) is 2.69. The van der Waals surface area contributed by atoms with Gasteiger partial charge >= 0.3 is 0 Å². The Morgan fingerprint density at radius 3 is 2.59 bits per heavy atom. The van der Waals surface area contributed by atoms with E-state index in [1.54, 1.807) is 12.4 Å². The van der Waals surface area contributed by atoms with Crippen molar-refractivity contribution in [2.75, 3.05) is 7.05 Å². The highest BCUT2D eigenvalue weighted by Gasteiger charge is 2.31. The predicted molar refractivity (Wildman–Crippen MR) is 122 cm³/mol. The van der Waals surface area contributed by atoms with E-state index in [2.05, 4.69) is 50.1 Å². The summed E-state index contributed by atoms with van der Waals surface area (Å²) < 4.78 is 10.6. The summed E-state index contributed by atoms with van der Waals surface area (Å²) in [4.78, 5) is 6.55. The van der Waals surface area contributed by atoms with Crippen LogP contribution >= 0.6 is 23.1 Å². The van der Waals surface area contributed by atoms with Crippen LogP contribution in [0.4, 0.5) is 5.69 Å². The first kappa shape index (κ1) is 23.2. The van der Waals surface area contributed by atoms with Crippen molar-refractivity contribution in [2.24, 2.45) is 4.99 Å². The summed E-state index contributed by atoms with van der Waals surface area (Å²) >= 11 is 7.66. The van der Waals surface area contributed by atoms with E-state index in [0.717, 1.165) is 29.8 Å². The van der Waals surface area contributed by atoms with Gasteiger partial charge < -0.3 is 9.64 Å². The highest BCUT2D eigenvalue weighted by Crippen LogP contribution is 2.42. The molecule has 2 rings (SSSR count). The van der Waals surface area contributed by atoms with Crippen molar-refractivity contribution >= 4 is 35.2 Å². The lowest BCUT2D eigenvalue weighted by molar-refractivity contribution is 0.426. The van der Waals surface area contributed by atoms with Gasteiger partial charge in [-0.1, -0.05) is 32.4 Å². The molecule has 0 radical (unpaired) electrons. The van der Waals surface area contributed by atoms with Gasteiger partial charge in [0.2, 0.25) is 5.06 Å². The first-order chi connectivity index (χ1) is 13.7. The highest BCUT2D eigenvalue weighted by molar-refractivity contribution is 7.08. The number of aliphatic imine (C=N–C) groups is 1. The molecule has 2 aromatic rings. The van der Waals surface area contributed by atoms with Crippen molar-refractivity contribution in [2.45, 2.75) is 65.8 Å². The molecule has 0 bridgehead atoms. The van der Waals surface area contributed by atoms with Crippen molar-refractivity contribution in [3.63, 3.8) is 0 Å². The van der Waals surface area contributed by atoms with Crippen LogP contribution in [0.5, 0.6) is 10.8 Å². The molecule has 0 aliphatic rings. The summed E-state index contributed by atoms with van der Waals surface area (Å²) in [5.41, 5.74) is 2.87. The smallest absolute Gasteiger partial charge is 0.218 e. The Bertz CT molecular complexity index is 926. The normalized spacial score (nSPS) is 11.9. The van der Waals surface area contributed by atoms with Gasteiger partial charge in [0.15, 0.2) is 0 Å². The van der Waals surface area contributed by atoms with Crippen molar-refractivity contribution in [1.82, 2.24) is 9.27 Å². The molecular formula is C22H29ClN4OS. The lowest BCUT2D eigenvalue weighted by Crippen LogP contribution is -2.24. The van der Waals surface area contributed by atoms with Gasteiger partial charge in [-0.3, -0.25) is 0 Å². The van der Waals surface area contributed by atoms with Gasteiger partial charge in [0.1, 0.15) is 17.4 Å². The monoisotopic (exact) mass is 432 g/mol. The van der Waals surface area contributed by atoms with Gasteiger partial charge in [-0.05, 0) is 51.3 Å². The highest BCUT2D eigenvalue weighted by atomic mass is 35.5. The second-order valence-electron chi connectivity index (χ2n) is 7.75. The number of nitrogens with zero attached hydrogens (tertiary/aromatic N) is 4. The molecule has 0 atom stereocenters. The number of rotatable bonds is 8. The molecule has 29 heavy (non-hydrogen) atoms. The number of hydrogen-bond donors (Lipinski definition) is 0. The number of benzene rings is 1. The molecule has 5 nitrogen and oxygen atoms in total. The van der Waals surface area contributed by atoms with Gasteiger partial charge in [-0.25, -0.2) is 4.99 Å². The van der Waals surface area contributed by atoms with Crippen LogP contribution in [-0.4, -0.2) is 28.7 Å². The van der Waals surface area contributed by atoms with Gasteiger partial charge in [0, 0.05) is 30.0 Å². The van der Waals surface area contributed by atoms with E-state index >= 15 is 0 Å². The molecule has 0 spiro atoms. The lowest BCUT2D eigenvalue weighted by atomic mass is 9.80. The van der Waals surface area contributed by atoms with Gasteiger partial charge in [-0.2, -0.15) is 9.64 Å². The number of nitriles is 1. The van der Waals surface area contributed by atoms with Crippen LogP contribution in [0.15, 0.2) is 17.1 Å². The summed E-state index contributed by atoms with van der Waals surface area (Å²) in [6.45, 7) is 12.5. The topological polar surface area (TPSA) is 61.5 Å². The zero-order valence-corrected chi connectivity index (χ0v) is 19.8. The van der Waals surface area contributed by atoms with Crippen LogP contribution < -0.4 is 4.74 Å². The number of aromatic nitrogens is 1. The van der Waals surface area contributed by atoms with E-state index in [1.807, 2.05) is 24.9 Å². The molecule has 0 fully saturated rings. The predicted octanol–water partition coefficient (Wildman–Crippen LogP) is 6.85. The number of halogens is 1. The maximum atomic E-state index is 9.74. The zero-order chi connectivity index (χ0) is 21.8. The molecule has 0 aliphatic carbocycles. The molecular weight excluding hydrogens is 404 g/mol. The van der Waals surface area contributed by atoms with Crippen molar-refractivity contribution in [1.29, 1.82) is 5.26 Å². The van der Waals surface area contributed by atoms with Gasteiger partial charge in [-0.15, -0.1) is 0 Å². The lowest BCUT2D eigenvalue weighted by Gasteiger charge is -2.24. The van der Waals surface area contributed by atoms with E-state index in [4.69, 9.17) is 16.3 Å². The Morgan fingerprint density at radius 1 is 1.38 bits per heavy atom. The molecule has 0 unspecified atom stereocenters. The number of ether oxygens (including phenoxy) is 1. The number of aryl methyl sites for hydroxylation is 1. The van der Waals surface area contributed by atoms with Crippen LogP contribution in [0, 0.1) is 18.3 Å². The molecule has 1 aromatic heterocycles. The Labute approximate surface area is 183 Å². The molecule has 0 aliphatic heterocycles. The van der Waals surface area contributed by atoms with E-state index < -0.39 is 0 Å². The fourth-order valence-corrected chi connectivity index (χ4v) is 3.73. The van der Waals surface area contributed by atoms with Crippen molar-refractivity contribution < 1.29 is 4.74 Å². The third-order valence-corrected chi connectivity index (χ3v) is 6.57. The van der Waals surface area contributed by atoms with Gasteiger partial charge in [0.25, 0.3) is 0 Å². The van der Waals surface area contributed by atoms with E-state index in [9.17, 15) is 5.26 Å². The third kappa shape index (κ3) is 5.09. The van der Waals surface area contributed by atoms with E-state index in [1.165, 1.54) is 11.5 Å². The molecule has 1 heterocycles. The van der Waals surface area contributed by atoms with E-state index in [0.29, 0.717) is 27.4 Å². The zero-order valence-electron chi connectivity index (χ0n) is 18.2. The van der Waals surface area contributed by atoms with Crippen LogP contribution in [-0.2, 0) is 5.41 Å². The van der Waals surface area contributed by atoms with Gasteiger partial charge in [0.05, 0.1) is 22.7 Å². The molecule has 0 saturated heterocycles. The standard InChI is InChI=1S/C22H29ClN4OS/c1-8-22(6,9-2)20-16(12-24)21(29-26-20)28-19-10-15(5)18(11-17(19)23)25-13-27(7)14(3)4/h10-11,13-14H,8-9H2,1-7H3. The molecule has 1 aromatic carbocycles. The van der Waals surface area contributed by atoms with Crippen molar-refractivity contribution in [3.05, 3.63) is 34.0 Å². The minimum Gasteiger partial charge on any atom is -0.442 e. The first-order valence-electron chi connectivity index (χ1n) is 9.81. The Balaban J connectivity index is 2.36. The Kier molecular flexibility index (Phi) is 7.67. The molecule has 156 valence electrons. The maximum absolute atomic E-state index is 9.74. The SMILES string of the molecule is CCC(C)(CC)c1nsc(Oc2cc(C)c(N=CN(C)C(C)C)cc2Cl)c1C#N. The maximum Gasteiger partial charge on any atom is 0.218 e. The summed E-state index contributed by atoms with van der Waals surface area (Å²) in [7, 11) is 1.98. The summed E-state index contributed by atoms with van der Waals surface area (Å²) in [5.74, 6) is 0.502. The quantitative estimate of drug-likeness (QED) is 0.338. The van der Waals surface area contributed by atoms with Crippen molar-refractivity contribution in [3.8, 4) is 16.9 Å². The first-order valence-corrected chi connectivity index (χ1v) is 11.0. The second kappa shape index (κ2) is 9.60. The van der Waals surface area contributed by atoms with Crippen LogP contribution in [0.25, 0.3) is 0 Å². The fraction of sp³-hybridized carbons (Fsp3) is 0.500. The Hall–Kier alpha value is -2.10. The molecule has 0 amide bonds. The average molecular weight is 433 g/mol. The average Bonchev–Trinajstić information content (AvgIpc) is 3.11. The Morgan fingerprint density at radius 2 is 2.03 bits per heavy atom. The summed E-state index contributed by atoms with van der Waals surface area (Å²) in [6, 6.07) is 6.27. The minimum atomic E-state index is -0.149. The minimum absolute atomic E-state index is 0.149. The largest absolute Gasteiger partial charge is 0.442 e. The van der Waals surface area contributed by atoms with Crippen LogP contribution in [0.2, 0.25) is 5.02 Å². The molecule has 0 N–H and O–H groups in total. The summed E-state index contributed by atoms with van der Waals surface area (Å²) in [5, 5.41) is 10.7. The summed E-state index contributed by atoms with van der Waals surface area (Å²) in [6.07, 6.45) is 3.60. The third-order valence-electron chi connectivity index (χ3n) is 5.55. The molecule has 0 saturated carbocycles. The van der Waals surface area contributed by atoms with E-state index in [-0.39, 0.29) is 5.41 Å². The molecule has 7 heteroatoms.